The largest absolute Gasteiger partial charge is 0.366 e. The number of carbonyl (C=O) groups excluding carboxylic acids is 1. The summed E-state index contributed by atoms with van der Waals surface area (Å²) in [7, 11) is -4.91. The van der Waals surface area contributed by atoms with E-state index in [2.05, 4.69) is 83.5 Å². The number of fused-ring (bicyclic) bond motifs is 3. The molecule has 5 heteroatoms. The van der Waals surface area contributed by atoms with Gasteiger partial charge < -0.3 is 5.73 Å². The summed E-state index contributed by atoms with van der Waals surface area (Å²) in [6, 6.07) is 8.79. The summed E-state index contributed by atoms with van der Waals surface area (Å²) in [5.74, 6) is -0.283. The van der Waals surface area contributed by atoms with E-state index in [1.165, 1.54) is 38.2 Å². The molecule has 2 aromatic carbocycles. The van der Waals surface area contributed by atoms with E-state index in [-0.39, 0.29) is 5.91 Å². The molecule has 0 atom stereocenters. The Morgan fingerprint density at radius 3 is 2.28 bits per heavy atom. The SMILES string of the molecule is CC1=Cc2c(cccc2-c2c(C(N)=O)cc3c(C)c2[Si](C)(C)[Si](C)(C)[Si]3(C)C)C1. The fourth-order valence-corrected chi connectivity index (χ4v) is 39.1. The van der Waals surface area contributed by atoms with Gasteiger partial charge in [-0.3, -0.25) is 4.79 Å². The normalized spacial score (nSPS) is 20.2. The molecular formula is C24H33NOSi3. The lowest BCUT2D eigenvalue weighted by Crippen LogP contribution is -2.83. The van der Waals surface area contributed by atoms with Gasteiger partial charge in [-0.25, -0.2) is 0 Å². The minimum Gasteiger partial charge on any atom is -0.366 e. The van der Waals surface area contributed by atoms with Crippen molar-refractivity contribution >= 4 is 44.6 Å². The van der Waals surface area contributed by atoms with E-state index < -0.39 is 22.3 Å². The number of benzene rings is 2. The van der Waals surface area contributed by atoms with E-state index in [0.717, 1.165) is 17.5 Å². The van der Waals surface area contributed by atoms with Crippen molar-refractivity contribution in [2.24, 2.45) is 5.73 Å². The Morgan fingerprint density at radius 1 is 1.00 bits per heavy atom. The van der Waals surface area contributed by atoms with Crippen LogP contribution in [0.1, 0.15) is 34.0 Å². The molecule has 2 aliphatic rings. The van der Waals surface area contributed by atoms with Crippen LogP contribution >= 0.6 is 0 Å². The van der Waals surface area contributed by atoms with Crippen LogP contribution in [0.25, 0.3) is 17.2 Å². The second-order valence-electron chi connectivity index (χ2n) is 10.6. The highest BCUT2D eigenvalue weighted by atomic mass is 29.6. The molecule has 0 aromatic heterocycles. The Labute approximate surface area is 177 Å². The minimum atomic E-state index is -1.77. The fraction of sp³-hybridized carbons (Fsp3) is 0.375. The van der Waals surface area contributed by atoms with Gasteiger partial charge in [-0.15, -0.1) is 0 Å². The molecule has 1 heterocycles. The molecule has 2 nitrogen and oxygen atoms in total. The highest BCUT2D eigenvalue weighted by Crippen LogP contribution is 2.41. The summed E-state index contributed by atoms with van der Waals surface area (Å²) in [6.45, 7) is 20.0. The van der Waals surface area contributed by atoms with E-state index in [4.69, 9.17) is 5.73 Å². The highest BCUT2D eigenvalue weighted by molar-refractivity contribution is 7.74. The van der Waals surface area contributed by atoms with Gasteiger partial charge in [0.05, 0.1) is 15.2 Å². The molecule has 1 aliphatic carbocycles. The maximum atomic E-state index is 12.7. The summed E-state index contributed by atoms with van der Waals surface area (Å²) >= 11 is 0. The maximum absolute atomic E-state index is 12.7. The lowest BCUT2D eigenvalue weighted by molar-refractivity contribution is 0.100. The molecule has 152 valence electrons. The number of carbonyl (C=O) groups is 1. The smallest absolute Gasteiger partial charge is 0.249 e. The topological polar surface area (TPSA) is 43.1 Å². The molecule has 0 unspecified atom stereocenters. The molecular weight excluding hydrogens is 403 g/mol. The number of hydrogen-bond acceptors (Lipinski definition) is 1. The zero-order valence-corrected chi connectivity index (χ0v) is 22.1. The molecule has 1 amide bonds. The van der Waals surface area contributed by atoms with Crippen molar-refractivity contribution in [3.63, 3.8) is 0 Å². The monoisotopic (exact) mass is 435 g/mol. The van der Waals surface area contributed by atoms with Gasteiger partial charge in [0.25, 0.3) is 0 Å². The van der Waals surface area contributed by atoms with E-state index in [9.17, 15) is 4.79 Å². The number of hydrogen-bond donors (Lipinski definition) is 1. The molecule has 2 bridgehead atoms. The number of primary amides is 1. The minimum absolute atomic E-state index is 0.283. The molecule has 0 spiro atoms. The number of amides is 1. The van der Waals surface area contributed by atoms with Gasteiger partial charge >= 0.3 is 0 Å². The molecule has 0 fully saturated rings. The van der Waals surface area contributed by atoms with Crippen LogP contribution in [0.5, 0.6) is 0 Å². The summed E-state index contributed by atoms with van der Waals surface area (Å²) in [6.07, 6.45) is 3.31. The Hall–Kier alpha value is -1.70. The van der Waals surface area contributed by atoms with E-state index >= 15 is 0 Å². The van der Waals surface area contributed by atoms with Crippen molar-refractivity contribution in [3.8, 4) is 11.1 Å². The maximum Gasteiger partial charge on any atom is 0.249 e. The molecule has 4 rings (SSSR count). The third kappa shape index (κ3) is 2.53. The van der Waals surface area contributed by atoms with Gasteiger partial charge in [0.1, 0.15) is 0 Å². The lowest BCUT2D eigenvalue weighted by Gasteiger charge is -2.55. The average molecular weight is 436 g/mol. The summed E-state index contributed by atoms with van der Waals surface area (Å²) in [5, 5.41) is 2.99. The molecule has 0 saturated heterocycles. The van der Waals surface area contributed by atoms with Crippen LogP contribution in [0.3, 0.4) is 0 Å². The first-order valence-electron chi connectivity index (χ1n) is 10.6. The quantitative estimate of drug-likeness (QED) is 0.697. The van der Waals surface area contributed by atoms with E-state index in [1.807, 2.05) is 0 Å². The first-order valence-corrected chi connectivity index (χ1v) is 21.6. The van der Waals surface area contributed by atoms with E-state index in [0.29, 0.717) is 0 Å². The Morgan fingerprint density at radius 2 is 1.66 bits per heavy atom. The molecule has 2 N–H and O–H groups in total. The predicted octanol–water partition coefficient (Wildman–Crippen LogP) is 4.43. The summed E-state index contributed by atoms with van der Waals surface area (Å²) in [5.41, 5.74) is 14.6. The number of allylic oxidation sites excluding steroid dienone is 1. The number of rotatable bonds is 2. The van der Waals surface area contributed by atoms with E-state index in [1.54, 1.807) is 0 Å². The van der Waals surface area contributed by atoms with Crippen molar-refractivity contribution in [1.29, 1.82) is 0 Å². The molecule has 0 saturated carbocycles. The highest BCUT2D eigenvalue weighted by Gasteiger charge is 2.59. The van der Waals surface area contributed by atoms with Gasteiger partial charge in [-0.1, -0.05) is 85.1 Å². The van der Waals surface area contributed by atoms with Gasteiger partial charge in [0.2, 0.25) is 5.91 Å². The first kappa shape index (κ1) is 20.6. The zero-order chi connectivity index (χ0) is 21.5. The third-order valence-corrected chi connectivity index (χ3v) is 50.2. The van der Waals surface area contributed by atoms with Gasteiger partial charge in [0, 0.05) is 12.7 Å². The van der Waals surface area contributed by atoms with Crippen molar-refractivity contribution in [2.75, 3.05) is 0 Å². The summed E-state index contributed by atoms with van der Waals surface area (Å²) in [4.78, 5) is 12.7. The predicted molar refractivity (Wildman–Crippen MR) is 134 cm³/mol. The second-order valence-corrected chi connectivity index (χ2v) is 37.9. The van der Waals surface area contributed by atoms with Crippen molar-refractivity contribution in [1.82, 2.24) is 0 Å². The van der Waals surface area contributed by atoms with Crippen LogP contribution in [0.2, 0.25) is 39.3 Å². The lowest BCUT2D eigenvalue weighted by atomic mass is 9.91. The zero-order valence-electron chi connectivity index (χ0n) is 19.1. The van der Waals surface area contributed by atoms with Crippen LogP contribution < -0.4 is 16.1 Å². The molecule has 1 aliphatic heterocycles. The van der Waals surface area contributed by atoms with Crippen molar-refractivity contribution < 1.29 is 4.79 Å². The van der Waals surface area contributed by atoms with Crippen LogP contribution in [-0.4, -0.2) is 28.2 Å². The molecule has 2 aromatic rings. The number of nitrogens with two attached hydrogens (primary N) is 1. The van der Waals surface area contributed by atoms with Gasteiger partial charge in [0.15, 0.2) is 0 Å². The standard InChI is InChI=1S/C24H33NOSi3/c1-15-12-17-10-9-11-18(19(17)13-15)22-20(24(25)26)14-21-16(2)23(22)28(5,6)29(7,8)27(21,3)4/h9-11,13-14H,12H2,1-8H3,(H2,25,26). The van der Waals surface area contributed by atoms with Crippen LogP contribution in [0.15, 0.2) is 29.8 Å². The Balaban J connectivity index is 2.20. The first-order chi connectivity index (χ1) is 13.3. The van der Waals surface area contributed by atoms with Crippen LogP contribution in [0, 0.1) is 6.92 Å². The van der Waals surface area contributed by atoms with Crippen LogP contribution in [0.4, 0.5) is 0 Å². The Kier molecular flexibility index (Phi) is 4.37. The fourth-order valence-electron chi connectivity index (χ4n) is 5.87. The van der Waals surface area contributed by atoms with Crippen molar-refractivity contribution in [2.45, 2.75) is 59.6 Å². The summed E-state index contributed by atoms with van der Waals surface area (Å²) < 4.78 is 0. The average Bonchev–Trinajstić information content (AvgIpc) is 2.99. The van der Waals surface area contributed by atoms with Gasteiger partial charge in [-0.05, 0) is 48.6 Å². The van der Waals surface area contributed by atoms with Crippen LogP contribution in [-0.2, 0) is 6.42 Å². The molecule has 0 radical (unpaired) electrons. The molecule has 29 heavy (non-hydrogen) atoms. The van der Waals surface area contributed by atoms with Gasteiger partial charge in [-0.2, -0.15) is 0 Å². The third-order valence-electron chi connectivity index (χ3n) is 8.60. The Bertz CT molecular complexity index is 1110. The second kappa shape index (κ2) is 6.15. The van der Waals surface area contributed by atoms with Crippen molar-refractivity contribution in [3.05, 3.63) is 52.1 Å².